The number of ether oxygens (including phenoxy) is 1. The molecule has 16 heavy (non-hydrogen) atoms. The van der Waals surface area contributed by atoms with E-state index in [1.54, 1.807) is 7.11 Å². The molecule has 92 valence electrons. The van der Waals surface area contributed by atoms with Crippen LogP contribution < -0.4 is 0 Å². The average molecular weight is 244 g/mol. The molecule has 2 heterocycles. The number of ketones is 1. The minimum absolute atomic E-state index is 0.156. The summed E-state index contributed by atoms with van der Waals surface area (Å²) in [4.78, 5) is 11.9. The van der Waals surface area contributed by atoms with Crippen LogP contribution in [0.4, 0.5) is 0 Å². The molecule has 0 saturated carbocycles. The summed E-state index contributed by atoms with van der Waals surface area (Å²) in [5, 5.41) is 0.591. The van der Waals surface area contributed by atoms with Crippen LogP contribution in [0.5, 0.6) is 0 Å². The lowest BCUT2D eigenvalue weighted by atomic mass is 9.86. The minimum Gasteiger partial charge on any atom is -0.384 e. The summed E-state index contributed by atoms with van der Waals surface area (Å²) in [5.41, 5.74) is 0. The number of carbonyl (C=O) groups excluding carboxylic acids is 1. The smallest absolute Gasteiger partial charge is 0.138 e. The quantitative estimate of drug-likeness (QED) is 0.755. The van der Waals surface area contributed by atoms with Crippen molar-refractivity contribution in [1.82, 2.24) is 0 Å². The SMILES string of the molecule is COCCC(=O)C1CC2CCCC(C1)S2=O. The van der Waals surface area contributed by atoms with E-state index >= 15 is 0 Å². The fraction of sp³-hybridized carbons (Fsp3) is 0.917. The van der Waals surface area contributed by atoms with E-state index in [1.165, 1.54) is 6.42 Å². The third-order valence-corrected chi connectivity index (χ3v) is 5.98. The Morgan fingerprint density at radius 1 is 1.31 bits per heavy atom. The first-order valence-corrected chi connectivity index (χ1v) is 7.41. The Hall–Kier alpha value is -0.220. The Bertz CT molecular complexity index is 274. The Balaban J connectivity index is 1.93. The Morgan fingerprint density at radius 2 is 1.94 bits per heavy atom. The summed E-state index contributed by atoms with van der Waals surface area (Å²) >= 11 is 0. The van der Waals surface area contributed by atoms with E-state index in [1.807, 2.05) is 0 Å². The molecular formula is C12H20O3S. The second-order valence-corrected chi connectivity index (χ2v) is 6.87. The first-order valence-electron chi connectivity index (χ1n) is 6.13. The van der Waals surface area contributed by atoms with Crippen molar-refractivity contribution in [2.45, 2.75) is 49.0 Å². The third kappa shape index (κ3) is 2.54. The molecule has 2 unspecified atom stereocenters. The second kappa shape index (κ2) is 5.41. The second-order valence-electron chi connectivity index (χ2n) is 4.88. The number of hydrogen-bond donors (Lipinski definition) is 0. The summed E-state index contributed by atoms with van der Waals surface area (Å²) in [6, 6.07) is 0. The van der Waals surface area contributed by atoms with Crippen LogP contribution in [0.15, 0.2) is 0 Å². The van der Waals surface area contributed by atoms with E-state index in [9.17, 15) is 9.00 Å². The molecule has 2 bridgehead atoms. The Labute approximate surface area is 99.4 Å². The molecule has 0 radical (unpaired) electrons. The van der Waals surface area contributed by atoms with E-state index in [0.717, 1.165) is 25.7 Å². The van der Waals surface area contributed by atoms with Gasteiger partial charge < -0.3 is 4.74 Å². The van der Waals surface area contributed by atoms with E-state index in [2.05, 4.69) is 0 Å². The van der Waals surface area contributed by atoms with Gasteiger partial charge in [0.15, 0.2) is 0 Å². The van der Waals surface area contributed by atoms with Crippen molar-refractivity contribution in [1.29, 1.82) is 0 Å². The van der Waals surface area contributed by atoms with Gasteiger partial charge in [0.2, 0.25) is 0 Å². The van der Waals surface area contributed by atoms with Crippen LogP contribution in [-0.4, -0.2) is 34.2 Å². The number of fused-ring (bicyclic) bond motifs is 2. The Morgan fingerprint density at radius 3 is 2.50 bits per heavy atom. The zero-order valence-corrected chi connectivity index (χ0v) is 10.6. The van der Waals surface area contributed by atoms with Crippen molar-refractivity contribution in [3.63, 3.8) is 0 Å². The summed E-state index contributed by atoms with van der Waals surface area (Å²) in [6.07, 6.45) is 5.53. The van der Waals surface area contributed by atoms with Gasteiger partial charge in [-0.2, -0.15) is 0 Å². The van der Waals surface area contributed by atoms with Gasteiger partial charge >= 0.3 is 0 Å². The first-order chi connectivity index (χ1) is 7.72. The lowest BCUT2D eigenvalue weighted by Gasteiger charge is -2.37. The number of hydrogen-bond acceptors (Lipinski definition) is 3. The fourth-order valence-electron chi connectivity index (χ4n) is 2.90. The molecule has 0 N–H and O–H groups in total. The van der Waals surface area contributed by atoms with Gasteiger partial charge in [-0.3, -0.25) is 9.00 Å². The van der Waals surface area contributed by atoms with Crippen molar-refractivity contribution in [3.05, 3.63) is 0 Å². The van der Waals surface area contributed by atoms with E-state index < -0.39 is 10.8 Å². The monoisotopic (exact) mass is 244 g/mol. The average Bonchev–Trinajstić information content (AvgIpc) is 2.25. The van der Waals surface area contributed by atoms with Gasteiger partial charge in [-0.05, 0) is 25.7 Å². The van der Waals surface area contributed by atoms with Gasteiger partial charge in [0, 0.05) is 40.7 Å². The van der Waals surface area contributed by atoms with Crippen molar-refractivity contribution < 1.29 is 13.7 Å². The standard InChI is InChI=1S/C12H20O3S/c1-15-6-5-12(13)9-7-10-3-2-4-11(8-9)16(10)14/h9-11H,2-8H2,1H3. The molecule has 2 fully saturated rings. The summed E-state index contributed by atoms with van der Waals surface area (Å²) in [6.45, 7) is 0.522. The number of methoxy groups -OCH3 is 1. The van der Waals surface area contributed by atoms with E-state index in [-0.39, 0.29) is 5.92 Å². The summed E-state index contributed by atoms with van der Waals surface area (Å²) < 4.78 is 16.9. The van der Waals surface area contributed by atoms with E-state index in [0.29, 0.717) is 29.3 Å². The Kier molecular flexibility index (Phi) is 4.14. The molecule has 4 heteroatoms. The van der Waals surface area contributed by atoms with Gasteiger partial charge in [-0.15, -0.1) is 0 Å². The zero-order chi connectivity index (χ0) is 11.5. The van der Waals surface area contributed by atoms with Crippen molar-refractivity contribution in [2.75, 3.05) is 13.7 Å². The predicted octanol–water partition coefficient (Wildman–Crippen LogP) is 1.67. The van der Waals surface area contributed by atoms with Crippen molar-refractivity contribution in [3.8, 4) is 0 Å². The highest BCUT2D eigenvalue weighted by atomic mass is 32.2. The molecule has 0 aliphatic carbocycles. The van der Waals surface area contributed by atoms with Crippen LogP contribution in [0.25, 0.3) is 0 Å². The van der Waals surface area contributed by atoms with Crippen molar-refractivity contribution in [2.24, 2.45) is 5.92 Å². The van der Waals surface area contributed by atoms with Crippen LogP contribution in [0.1, 0.15) is 38.5 Å². The number of carbonyl (C=O) groups is 1. The molecule has 0 aromatic heterocycles. The molecule has 0 aromatic carbocycles. The van der Waals surface area contributed by atoms with Crippen LogP contribution in [0.2, 0.25) is 0 Å². The van der Waals surface area contributed by atoms with E-state index in [4.69, 9.17) is 4.74 Å². The molecule has 2 atom stereocenters. The predicted molar refractivity (Wildman–Crippen MR) is 63.8 cm³/mol. The molecule has 2 saturated heterocycles. The maximum absolute atomic E-state index is 12.0. The third-order valence-electron chi connectivity index (χ3n) is 3.81. The largest absolute Gasteiger partial charge is 0.384 e. The van der Waals surface area contributed by atoms with Crippen LogP contribution in [0, 0.1) is 5.92 Å². The zero-order valence-electron chi connectivity index (χ0n) is 9.81. The first kappa shape index (κ1) is 12.2. The van der Waals surface area contributed by atoms with Gasteiger partial charge in [0.05, 0.1) is 6.61 Å². The maximum atomic E-state index is 12.0. The molecule has 2 rings (SSSR count). The molecule has 0 spiro atoms. The molecule has 3 nitrogen and oxygen atoms in total. The van der Waals surface area contributed by atoms with Crippen LogP contribution in [-0.2, 0) is 20.3 Å². The summed E-state index contributed by atoms with van der Waals surface area (Å²) in [5.74, 6) is 0.471. The van der Waals surface area contributed by atoms with Gasteiger partial charge in [0.1, 0.15) is 5.78 Å². The minimum atomic E-state index is -0.662. The highest BCUT2D eigenvalue weighted by Gasteiger charge is 2.39. The molecule has 2 aliphatic heterocycles. The highest BCUT2D eigenvalue weighted by Crippen LogP contribution is 2.37. The maximum Gasteiger partial charge on any atom is 0.138 e. The number of Topliss-reactive ketones (excluding diaryl/α,β-unsaturated/α-hetero) is 1. The molecule has 0 amide bonds. The van der Waals surface area contributed by atoms with Gasteiger partial charge in [-0.1, -0.05) is 6.42 Å². The summed E-state index contributed by atoms with van der Waals surface area (Å²) in [7, 11) is 0.961. The lowest BCUT2D eigenvalue weighted by molar-refractivity contribution is -0.124. The van der Waals surface area contributed by atoms with Gasteiger partial charge in [-0.25, -0.2) is 0 Å². The normalized spacial score (nSPS) is 38.3. The molecular weight excluding hydrogens is 224 g/mol. The fourth-order valence-corrected chi connectivity index (χ4v) is 5.09. The molecule has 2 aliphatic rings. The van der Waals surface area contributed by atoms with Crippen LogP contribution >= 0.6 is 0 Å². The lowest BCUT2D eigenvalue weighted by Crippen LogP contribution is -2.41. The number of rotatable bonds is 4. The topological polar surface area (TPSA) is 43.4 Å². The van der Waals surface area contributed by atoms with Crippen molar-refractivity contribution >= 4 is 16.6 Å². The van der Waals surface area contributed by atoms with Crippen LogP contribution in [0.3, 0.4) is 0 Å². The highest BCUT2D eigenvalue weighted by molar-refractivity contribution is 7.86. The van der Waals surface area contributed by atoms with Gasteiger partial charge in [0.25, 0.3) is 0 Å². The molecule has 0 aromatic rings.